The Kier molecular flexibility index (Phi) is 3.99. The molecule has 0 bridgehead atoms. The highest BCUT2D eigenvalue weighted by atomic mass is 15.3. The zero-order valence-electron chi connectivity index (χ0n) is 10.8. The minimum absolute atomic E-state index is 0.500. The predicted molar refractivity (Wildman–Crippen MR) is 69.0 cm³/mol. The first kappa shape index (κ1) is 12.4. The van der Waals surface area contributed by atoms with E-state index in [1.54, 1.807) is 0 Å². The summed E-state index contributed by atoms with van der Waals surface area (Å²) >= 11 is 0. The molecule has 0 amide bonds. The summed E-state index contributed by atoms with van der Waals surface area (Å²) in [7, 11) is 0. The zero-order chi connectivity index (χ0) is 12.3. The molecule has 96 valence electrons. The number of rotatable bonds is 5. The van der Waals surface area contributed by atoms with E-state index < -0.39 is 0 Å². The summed E-state index contributed by atoms with van der Waals surface area (Å²) in [6.45, 7) is 6.77. The molecule has 1 aliphatic rings. The SMILES string of the molecule is CCNc1nnc(C2CCCC2CN)n1CC. The molecule has 1 aromatic rings. The molecule has 3 N–H and O–H groups in total. The lowest BCUT2D eigenvalue weighted by molar-refractivity contribution is 0.460. The van der Waals surface area contributed by atoms with Crippen LogP contribution in [0.5, 0.6) is 0 Å². The molecule has 0 spiro atoms. The van der Waals surface area contributed by atoms with Crippen molar-refractivity contribution in [2.45, 2.75) is 45.6 Å². The van der Waals surface area contributed by atoms with E-state index in [4.69, 9.17) is 5.73 Å². The van der Waals surface area contributed by atoms with Gasteiger partial charge >= 0.3 is 0 Å². The summed E-state index contributed by atoms with van der Waals surface area (Å²) in [5, 5.41) is 11.9. The van der Waals surface area contributed by atoms with E-state index in [1.807, 2.05) is 0 Å². The molecule has 2 atom stereocenters. The number of hydrogen-bond donors (Lipinski definition) is 2. The van der Waals surface area contributed by atoms with Crippen molar-refractivity contribution in [1.29, 1.82) is 0 Å². The lowest BCUT2D eigenvalue weighted by Gasteiger charge is -2.18. The fourth-order valence-corrected chi connectivity index (χ4v) is 2.85. The van der Waals surface area contributed by atoms with Gasteiger partial charge in [0, 0.05) is 19.0 Å². The van der Waals surface area contributed by atoms with Gasteiger partial charge in [0.2, 0.25) is 5.95 Å². The van der Waals surface area contributed by atoms with Gasteiger partial charge in [-0.25, -0.2) is 0 Å². The van der Waals surface area contributed by atoms with Gasteiger partial charge in [-0.1, -0.05) is 6.42 Å². The number of anilines is 1. The summed E-state index contributed by atoms with van der Waals surface area (Å²) < 4.78 is 2.20. The van der Waals surface area contributed by atoms with Crippen LogP contribution in [0.25, 0.3) is 0 Å². The van der Waals surface area contributed by atoms with Gasteiger partial charge in [-0.15, -0.1) is 10.2 Å². The number of nitrogens with one attached hydrogen (secondary N) is 1. The molecule has 17 heavy (non-hydrogen) atoms. The molecule has 1 fully saturated rings. The summed E-state index contributed by atoms with van der Waals surface area (Å²) in [4.78, 5) is 0. The summed E-state index contributed by atoms with van der Waals surface area (Å²) in [6.07, 6.45) is 3.69. The second kappa shape index (κ2) is 5.49. The van der Waals surface area contributed by atoms with Gasteiger partial charge in [-0.05, 0) is 39.2 Å². The molecule has 5 heteroatoms. The highest BCUT2D eigenvalue weighted by Gasteiger charge is 2.31. The van der Waals surface area contributed by atoms with Crippen LogP contribution in [0.15, 0.2) is 0 Å². The maximum Gasteiger partial charge on any atom is 0.224 e. The maximum atomic E-state index is 5.85. The van der Waals surface area contributed by atoms with E-state index >= 15 is 0 Å². The van der Waals surface area contributed by atoms with Gasteiger partial charge in [0.25, 0.3) is 0 Å². The second-order valence-corrected chi connectivity index (χ2v) is 4.69. The van der Waals surface area contributed by atoms with Gasteiger partial charge in [0.1, 0.15) is 5.82 Å². The molecular formula is C12H23N5. The average molecular weight is 237 g/mol. The highest BCUT2D eigenvalue weighted by molar-refractivity contribution is 5.27. The van der Waals surface area contributed by atoms with Gasteiger partial charge in [0.15, 0.2) is 0 Å². The van der Waals surface area contributed by atoms with Gasteiger partial charge in [-0.3, -0.25) is 4.57 Å². The van der Waals surface area contributed by atoms with Crippen molar-refractivity contribution in [3.8, 4) is 0 Å². The average Bonchev–Trinajstić information content (AvgIpc) is 2.94. The van der Waals surface area contributed by atoms with Gasteiger partial charge < -0.3 is 11.1 Å². The Morgan fingerprint density at radius 2 is 2.18 bits per heavy atom. The van der Waals surface area contributed by atoms with Crippen LogP contribution >= 0.6 is 0 Å². The van der Waals surface area contributed by atoms with E-state index in [0.717, 1.165) is 31.4 Å². The Morgan fingerprint density at radius 3 is 2.82 bits per heavy atom. The second-order valence-electron chi connectivity index (χ2n) is 4.69. The number of nitrogens with zero attached hydrogens (tertiary/aromatic N) is 3. The molecule has 1 saturated carbocycles. The Balaban J connectivity index is 2.25. The third-order valence-corrected chi connectivity index (χ3v) is 3.72. The Morgan fingerprint density at radius 1 is 1.35 bits per heavy atom. The largest absolute Gasteiger partial charge is 0.355 e. The number of nitrogens with two attached hydrogens (primary N) is 1. The summed E-state index contributed by atoms with van der Waals surface area (Å²) in [5.74, 6) is 3.10. The summed E-state index contributed by atoms with van der Waals surface area (Å²) in [5.41, 5.74) is 5.85. The van der Waals surface area contributed by atoms with Crippen LogP contribution in [0.2, 0.25) is 0 Å². The van der Waals surface area contributed by atoms with Crippen molar-refractivity contribution in [1.82, 2.24) is 14.8 Å². The minimum Gasteiger partial charge on any atom is -0.355 e. The molecule has 1 aliphatic carbocycles. The Bertz CT molecular complexity index is 360. The Labute approximate surface area is 103 Å². The number of hydrogen-bond acceptors (Lipinski definition) is 4. The van der Waals surface area contributed by atoms with E-state index in [-0.39, 0.29) is 0 Å². The van der Waals surface area contributed by atoms with Crippen LogP contribution in [0, 0.1) is 5.92 Å². The van der Waals surface area contributed by atoms with Crippen molar-refractivity contribution < 1.29 is 0 Å². The molecule has 0 radical (unpaired) electrons. The van der Waals surface area contributed by atoms with Gasteiger partial charge in [0.05, 0.1) is 0 Å². The third-order valence-electron chi connectivity index (χ3n) is 3.72. The number of aromatic nitrogens is 3. The maximum absolute atomic E-state index is 5.85. The topological polar surface area (TPSA) is 68.8 Å². The van der Waals surface area contributed by atoms with Crippen molar-refractivity contribution in [3.05, 3.63) is 5.82 Å². The molecule has 1 heterocycles. The molecule has 0 aromatic carbocycles. The first-order chi connectivity index (χ1) is 8.31. The molecule has 0 aliphatic heterocycles. The van der Waals surface area contributed by atoms with Gasteiger partial charge in [-0.2, -0.15) is 0 Å². The third kappa shape index (κ3) is 2.29. The van der Waals surface area contributed by atoms with Crippen molar-refractivity contribution in [3.63, 3.8) is 0 Å². The lowest BCUT2D eigenvalue weighted by Crippen LogP contribution is -2.20. The lowest BCUT2D eigenvalue weighted by atomic mass is 9.95. The first-order valence-corrected chi connectivity index (χ1v) is 6.68. The van der Waals surface area contributed by atoms with Crippen LogP contribution in [0.3, 0.4) is 0 Å². The predicted octanol–water partition coefficient (Wildman–Crippen LogP) is 1.57. The fraction of sp³-hybridized carbons (Fsp3) is 0.833. The van der Waals surface area contributed by atoms with Crippen LogP contribution < -0.4 is 11.1 Å². The van der Waals surface area contributed by atoms with Crippen LogP contribution in [0.4, 0.5) is 5.95 Å². The van der Waals surface area contributed by atoms with Crippen molar-refractivity contribution >= 4 is 5.95 Å². The minimum atomic E-state index is 0.500. The first-order valence-electron chi connectivity index (χ1n) is 6.68. The molecular weight excluding hydrogens is 214 g/mol. The highest BCUT2D eigenvalue weighted by Crippen LogP contribution is 2.38. The normalized spacial score (nSPS) is 24.2. The molecule has 2 unspecified atom stereocenters. The summed E-state index contributed by atoms with van der Waals surface area (Å²) in [6, 6.07) is 0. The van der Waals surface area contributed by atoms with Crippen LogP contribution in [0.1, 0.15) is 44.9 Å². The van der Waals surface area contributed by atoms with E-state index in [2.05, 4.69) is 33.9 Å². The molecule has 1 aromatic heterocycles. The van der Waals surface area contributed by atoms with E-state index in [0.29, 0.717) is 11.8 Å². The fourth-order valence-electron chi connectivity index (χ4n) is 2.85. The van der Waals surface area contributed by atoms with E-state index in [1.165, 1.54) is 19.3 Å². The van der Waals surface area contributed by atoms with E-state index in [9.17, 15) is 0 Å². The van der Waals surface area contributed by atoms with Crippen LogP contribution in [-0.4, -0.2) is 27.9 Å². The molecule has 2 rings (SSSR count). The standard InChI is InChI=1S/C12H23N5/c1-3-14-12-16-15-11(17(12)4-2)10-7-5-6-9(10)8-13/h9-10H,3-8,13H2,1-2H3,(H,14,16). The van der Waals surface area contributed by atoms with Crippen molar-refractivity contribution in [2.24, 2.45) is 11.7 Å². The quantitative estimate of drug-likeness (QED) is 0.815. The monoisotopic (exact) mass is 237 g/mol. The zero-order valence-corrected chi connectivity index (χ0v) is 10.8. The molecule has 5 nitrogen and oxygen atoms in total. The van der Waals surface area contributed by atoms with Crippen molar-refractivity contribution in [2.75, 3.05) is 18.4 Å². The Hall–Kier alpha value is -1.10. The smallest absolute Gasteiger partial charge is 0.224 e. The van der Waals surface area contributed by atoms with Crippen LogP contribution in [-0.2, 0) is 6.54 Å². The molecule has 0 saturated heterocycles.